The van der Waals surface area contributed by atoms with Gasteiger partial charge in [-0.05, 0) is 45.1 Å². The molecular weight excluding hydrogens is 409 g/mol. The largest absolute Gasteiger partial charge is 0.573 e. The molecule has 0 radical (unpaired) electrons. The van der Waals surface area contributed by atoms with Crippen molar-refractivity contribution in [2.45, 2.75) is 64.5 Å². The van der Waals surface area contributed by atoms with Gasteiger partial charge < -0.3 is 15.0 Å². The molecule has 1 atom stereocenters. The Morgan fingerprint density at radius 1 is 1.26 bits per heavy atom. The van der Waals surface area contributed by atoms with Gasteiger partial charge in [0.1, 0.15) is 5.75 Å². The molecule has 0 unspecified atom stereocenters. The van der Waals surface area contributed by atoms with E-state index in [1.54, 1.807) is 12.1 Å². The number of carbonyl (C=O) groups excluding carboxylic acids is 1. The number of likely N-dealkylation sites (tertiary alicyclic amines) is 1. The summed E-state index contributed by atoms with van der Waals surface area (Å²) in [5.74, 6) is -0.201. The van der Waals surface area contributed by atoms with E-state index >= 15 is 0 Å². The number of fused-ring (bicyclic) bond motifs is 1. The van der Waals surface area contributed by atoms with Gasteiger partial charge in [-0.3, -0.25) is 9.48 Å². The molecule has 4 rings (SSSR count). The monoisotopic (exact) mass is 436 g/mol. The number of para-hydroxylation sites is 1. The lowest BCUT2D eigenvalue weighted by molar-refractivity contribution is -0.274. The van der Waals surface area contributed by atoms with E-state index in [9.17, 15) is 18.0 Å². The summed E-state index contributed by atoms with van der Waals surface area (Å²) in [5.41, 5.74) is 3.06. The van der Waals surface area contributed by atoms with Crippen molar-refractivity contribution in [1.29, 1.82) is 0 Å². The lowest BCUT2D eigenvalue weighted by atomic mass is 9.91. The molecule has 0 spiro atoms. The summed E-state index contributed by atoms with van der Waals surface area (Å²) in [6, 6.07) is 6.21. The molecule has 168 valence electrons. The fraction of sp³-hybridized carbons (Fsp3) is 0.545. The summed E-state index contributed by atoms with van der Waals surface area (Å²) in [5, 5.41) is 7.97. The van der Waals surface area contributed by atoms with Gasteiger partial charge >= 0.3 is 6.36 Å². The highest BCUT2D eigenvalue weighted by Gasteiger charge is 2.33. The van der Waals surface area contributed by atoms with Crippen LogP contribution in [0.3, 0.4) is 0 Å². The van der Waals surface area contributed by atoms with Crippen LogP contribution in [0, 0.1) is 0 Å². The highest BCUT2D eigenvalue weighted by molar-refractivity contribution is 5.94. The summed E-state index contributed by atoms with van der Waals surface area (Å²) in [6.07, 6.45) is -0.444. The molecular formula is C22H27F3N4O2. The zero-order valence-corrected chi connectivity index (χ0v) is 17.5. The third-order valence-corrected chi connectivity index (χ3v) is 6.02. The van der Waals surface area contributed by atoms with Gasteiger partial charge in [0, 0.05) is 49.0 Å². The SMILES string of the molecule is CCn1nc(C(=O)N2CCCC2)c2c1CC[C@@H](NCc1ccccc1OC(F)(F)F)C2. The summed E-state index contributed by atoms with van der Waals surface area (Å²) >= 11 is 0. The van der Waals surface area contributed by atoms with Gasteiger partial charge in [0.05, 0.1) is 0 Å². The molecule has 2 aliphatic rings. The normalized spacial score (nSPS) is 18.8. The number of ether oxygens (including phenoxy) is 1. The molecule has 2 aromatic rings. The first-order valence-corrected chi connectivity index (χ1v) is 10.8. The first kappa shape index (κ1) is 21.7. The fourth-order valence-corrected chi connectivity index (χ4v) is 4.49. The van der Waals surface area contributed by atoms with Crippen molar-refractivity contribution in [3.05, 3.63) is 46.8 Å². The maximum absolute atomic E-state index is 13.0. The molecule has 1 aliphatic heterocycles. The lowest BCUT2D eigenvalue weighted by Gasteiger charge is -2.25. The lowest BCUT2D eigenvalue weighted by Crippen LogP contribution is -2.36. The molecule has 31 heavy (non-hydrogen) atoms. The number of rotatable bonds is 6. The molecule has 0 saturated carbocycles. The summed E-state index contributed by atoms with van der Waals surface area (Å²) < 4.78 is 44.1. The van der Waals surface area contributed by atoms with Crippen molar-refractivity contribution in [2.75, 3.05) is 13.1 Å². The first-order chi connectivity index (χ1) is 14.9. The number of nitrogens with zero attached hydrogens (tertiary/aromatic N) is 3. The highest BCUT2D eigenvalue weighted by atomic mass is 19.4. The Morgan fingerprint density at radius 2 is 2.00 bits per heavy atom. The summed E-state index contributed by atoms with van der Waals surface area (Å²) in [6.45, 7) is 4.51. The molecule has 1 amide bonds. The van der Waals surface area contributed by atoms with Crippen LogP contribution in [0.15, 0.2) is 24.3 Å². The molecule has 6 nitrogen and oxygen atoms in total. The quantitative estimate of drug-likeness (QED) is 0.751. The molecule has 9 heteroatoms. The second-order valence-electron chi connectivity index (χ2n) is 8.07. The number of aryl methyl sites for hydroxylation is 1. The van der Waals surface area contributed by atoms with Crippen LogP contribution in [-0.2, 0) is 25.9 Å². The molecule has 1 fully saturated rings. The van der Waals surface area contributed by atoms with E-state index in [1.165, 1.54) is 12.1 Å². The van der Waals surface area contributed by atoms with Gasteiger partial charge in [0.15, 0.2) is 5.69 Å². The van der Waals surface area contributed by atoms with Gasteiger partial charge in [0.25, 0.3) is 5.91 Å². The number of carbonyl (C=O) groups is 1. The van der Waals surface area contributed by atoms with Gasteiger partial charge in [-0.25, -0.2) is 0 Å². The third-order valence-electron chi connectivity index (χ3n) is 6.02. The number of amides is 1. The predicted octanol–water partition coefficient (Wildman–Crippen LogP) is 3.68. The van der Waals surface area contributed by atoms with Crippen LogP contribution in [0.2, 0.25) is 0 Å². The third kappa shape index (κ3) is 4.87. The van der Waals surface area contributed by atoms with Crippen molar-refractivity contribution >= 4 is 5.91 Å². The average Bonchev–Trinajstić information content (AvgIpc) is 3.39. The van der Waals surface area contributed by atoms with Crippen LogP contribution >= 0.6 is 0 Å². The number of hydrogen-bond donors (Lipinski definition) is 1. The number of halogens is 3. The van der Waals surface area contributed by atoms with Crippen LogP contribution in [0.1, 0.15) is 53.5 Å². The minimum absolute atomic E-state index is 0.00878. The minimum Gasteiger partial charge on any atom is -0.405 e. The molecule has 1 aromatic carbocycles. The maximum Gasteiger partial charge on any atom is 0.573 e. The predicted molar refractivity (Wildman–Crippen MR) is 109 cm³/mol. The van der Waals surface area contributed by atoms with Crippen molar-refractivity contribution < 1.29 is 22.7 Å². The van der Waals surface area contributed by atoms with Gasteiger partial charge in [-0.15, -0.1) is 13.2 Å². The molecule has 1 aliphatic carbocycles. The maximum atomic E-state index is 13.0. The Morgan fingerprint density at radius 3 is 2.71 bits per heavy atom. The van der Waals surface area contributed by atoms with Crippen LogP contribution in [-0.4, -0.2) is 46.1 Å². The van der Waals surface area contributed by atoms with E-state index in [0.717, 1.165) is 50.0 Å². The fourth-order valence-electron chi connectivity index (χ4n) is 4.49. The average molecular weight is 436 g/mol. The molecule has 0 bridgehead atoms. The van der Waals surface area contributed by atoms with E-state index in [1.807, 2.05) is 16.5 Å². The van der Waals surface area contributed by atoms with Crippen molar-refractivity contribution in [3.63, 3.8) is 0 Å². The van der Waals surface area contributed by atoms with Crippen LogP contribution in [0.25, 0.3) is 0 Å². The second kappa shape index (κ2) is 8.90. The first-order valence-electron chi connectivity index (χ1n) is 10.8. The van der Waals surface area contributed by atoms with Gasteiger partial charge in [-0.1, -0.05) is 18.2 Å². The van der Waals surface area contributed by atoms with Crippen LogP contribution in [0.4, 0.5) is 13.2 Å². The van der Waals surface area contributed by atoms with Crippen LogP contribution < -0.4 is 10.1 Å². The van der Waals surface area contributed by atoms with E-state index in [2.05, 4.69) is 15.2 Å². The van der Waals surface area contributed by atoms with Crippen LogP contribution in [0.5, 0.6) is 5.75 Å². The molecule has 2 heterocycles. The Balaban J connectivity index is 1.48. The van der Waals surface area contributed by atoms with Crippen molar-refractivity contribution in [3.8, 4) is 5.75 Å². The van der Waals surface area contributed by atoms with E-state index < -0.39 is 6.36 Å². The van der Waals surface area contributed by atoms with Crippen molar-refractivity contribution in [1.82, 2.24) is 20.0 Å². The topological polar surface area (TPSA) is 59.4 Å². The summed E-state index contributed by atoms with van der Waals surface area (Å²) in [4.78, 5) is 14.9. The van der Waals surface area contributed by atoms with E-state index in [-0.39, 0.29) is 24.2 Å². The Kier molecular flexibility index (Phi) is 6.22. The molecule has 1 aromatic heterocycles. The summed E-state index contributed by atoms with van der Waals surface area (Å²) in [7, 11) is 0. The smallest absolute Gasteiger partial charge is 0.405 e. The Labute approximate surface area is 179 Å². The Bertz CT molecular complexity index is 935. The number of hydrogen-bond acceptors (Lipinski definition) is 4. The zero-order chi connectivity index (χ0) is 22.0. The number of aromatic nitrogens is 2. The minimum atomic E-state index is -4.73. The van der Waals surface area contributed by atoms with Gasteiger partial charge in [-0.2, -0.15) is 5.10 Å². The zero-order valence-electron chi connectivity index (χ0n) is 17.5. The molecule has 1 N–H and O–H groups in total. The Hall–Kier alpha value is -2.55. The number of nitrogens with one attached hydrogen (secondary N) is 1. The van der Waals surface area contributed by atoms with E-state index in [4.69, 9.17) is 0 Å². The standard InChI is InChI=1S/C22H27F3N4O2/c1-2-29-18-10-9-16(13-17(18)20(27-29)21(30)28-11-5-6-12-28)26-14-15-7-3-4-8-19(15)31-22(23,24)25/h3-4,7-8,16,26H,2,5-6,9-14H2,1H3/t16-/m1/s1. The van der Waals surface area contributed by atoms with E-state index in [0.29, 0.717) is 24.2 Å². The number of alkyl halides is 3. The van der Waals surface area contributed by atoms with Crippen molar-refractivity contribution in [2.24, 2.45) is 0 Å². The van der Waals surface area contributed by atoms with Gasteiger partial charge in [0.2, 0.25) is 0 Å². The second-order valence-corrected chi connectivity index (χ2v) is 8.07. The molecule has 1 saturated heterocycles. The highest BCUT2D eigenvalue weighted by Crippen LogP contribution is 2.29. The number of benzene rings is 1.